The average molecular weight is 625 g/mol. The Hall–Kier alpha value is -6.38. The maximum absolute atomic E-state index is 2.47. The van der Waals surface area contributed by atoms with Gasteiger partial charge in [0.1, 0.15) is 0 Å². The van der Waals surface area contributed by atoms with Gasteiger partial charge in [-0.2, -0.15) is 0 Å². The van der Waals surface area contributed by atoms with Gasteiger partial charge in [-0.15, -0.1) is 0 Å². The lowest BCUT2D eigenvalue weighted by Gasteiger charge is -2.45. The van der Waals surface area contributed by atoms with Crippen LogP contribution in [0.25, 0.3) is 21.9 Å². The molecule has 1 heterocycles. The summed E-state index contributed by atoms with van der Waals surface area (Å²) in [4.78, 5) is 4.86. The van der Waals surface area contributed by atoms with E-state index in [1.165, 1.54) is 55.5 Å². The molecule has 2 nitrogen and oxygen atoms in total. The largest absolute Gasteiger partial charge is 0.310 e. The summed E-state index contributed by atoms with van der Waals surface area (Å²) in [5, 5.41) is 2.45. The van der Waals surface area contributed by atoms with E-state index in [0.29, 0.717) is 0 Å². The second-order valence-electron chi connectivity index (χ2n) is 12.9. The minimum Gasteiger partial charge on any atom is -0.310 e. The van der Waals surface area contributed by atoms with Crippen LogP contribution in [0.1, 0.15) is 22.3 Å². The maximum Gasteiger partial charge on any atom is 0.0755 e. The van der Waals surface area contributed by atoms with E-state index < -0.39 is 5.41 Å². The molecule has 1 aliphatic heterocycles. The molecule has 2 heteroatoms. The van der Waals surface area contributed by atoms with Crippen LogP contribution in [-0.2, 0) is 5.41 Å². The maximum atomic E-state index is 2.47. The first-order chi connectivity index (χ1) is 24.3. The molecule has 10 rings (SSSR count). The highest BCUT2D eigenvalue weighted by molar-refractivity contribution is 6.01. The Morgan fingerprint density at radius 2 is 0.959 bits per heavy atom. The number of hydrogen-bond acceptors (Lipinski definition) is 2. The van der Waals surface area contributed by atoms with Gasteiger partial charge in [0.2, 0.25) is 0 Å². The van der Waals surface area contributed by atoms with Crippen molar-refractivity contribution in [1.82, 2.24) is 0 Å². The van der Waals surface area contributed by atoms with E-state index in [4.69, 9.17) is 0 Å². The summed E-state index contributed by atoms with van der Waals surface area (Å²) in [5.74, 6) is 0. The zero-order chi connectivity index (χ0) is 32.4. The Kier molecular flexibility index (Phi) is 6.13. The van der Waals surface area contributed by atoms with Crippen LogP contribution in [0, 0.1) is 0 Å². The molecular formula is C47H32N2. The van der Waals surface area contributed by atoms with Crippen LogP contribution in [0.3, 0.4) is 0 Å². The molecule has 1 aliphatic carbocycles. The smallest absolute Gasteiger partial charge is 0.0755 e. The summed E-state index contributed by atoms with van der Waals surface area (Å²) in [5.41, 5.74) is 14.3. The van der Waals surface area contributed by atoms with Gasteiger partial charge in [-0.1, -0.05) is 140 Å². The van der Waals surface area contributed by atoms with Gasteiger partial charge in [-0.05, 0) is 93.4 Å². The van der Waals surface area contributed by atoms with Crippen molar-refractivity contribution in [3.05, 3.63) is 216 Å². The minimum absolute atomic E-state index is 0.512. The first-order valence-electron chi connectivity index (χ1n) is 17.0. The molecule has 0 saturated heterocycles. The summed E-state index contributed by atoms with van der Waals surface area (Å²) >= 11 is 0. The summed E-state index contributed by atoms with van der Waals surface area (Å²) in [6.45, 7) is 0. The molecule has 49 heavy (non-hydrogen) atoms. The zero-order valence-corrected chi connectivity index (χ0v) is 26.9. The van der Waals surface area contributed by atoms with Gasteiger partial charge >= 0.3 is 0 Å². The minimum atomic E-state index is -0.512. The zero-order valence-electron chi connectivity index (χ0n) is 26.9. The highest BCUT2D eigenvalue weighted by Crippen LogP contribution is 2.63. The Morgan fingerprint density at radius 1 is 0.388 bits per heavy atom. The third-order valence-corrected chi connectivity index (χ3v) is 10.4. The Bertz CT molecular complexity index is 2460. The van der Waals surface area contributed by atoms with E-state index in [-0.39, 0.29) is 0 Å². The van der Waals surface area contributed by atoms with Crippen LogP contribution in [0.2, 0.25) is 0 Å². The normalized spacial score (nSPS) is 13.4. The van der Waals surface area contributed by atoms with Gasteiger partial charge in [-0.3, -0.25) is 0 Å². The molecule has 8 aromatic rings. The SMILES string of the molecule is c1ccc(N2c3ccccc3C3(c4ccccc4-c4ccc(N(c5ccccc5)c5cccc6ccccc56)cc43)c3ccccc32)cc1. The molecule has 0 saturated carbocycles. The number of para-hydroxylation sites is 4. The second kappa shape index (κ2) is 10.8. The quantitative estimate of drug-likeness (QED) is 0.192. The lowest BCUT2D eigenvalue weighted by atomic mass is 9.64. The van der Waals surface area contributed by atoms with Crippen molar-refractivity contribution in [3.63, 3.8) is 0 Å². The molecule has 230 valence electrons. The van der Waals surface area contributed by atoms with Gasteiger partial charge < -0.3 is 9.80 Å². The molecule has 0 aromatic heterocycles. The van der Waals surface area contributed by atoms with E-state index in [0.717, 1.165) is 22.7 Å². The fourth-order valence-corrected chi connectivity index (χ4v) is 8.50. The van der Waals surface area contributed by atoms with Crippen molar-refractivity contribution in [3.8, 4) is 11.1 Å². The fourth-order valence-electron chi connectivity index (χ4n) is 8.50. The first-order valence-corrected chi connectivity index (χ1v) is 17.0. The molecule has 2 aliphatic rings. The van der Waals surface area contributed by atoms with Gasteiger partial charge in [0.15, 0.2) is 0 Å². The highest BCUT2D eigenvalue weighted by Gasteiger charge is 2.51. The molecule has 1 spiro atoms. The molecule has 0 radical (unpaired) electrons. The predicted molar refractivity (Wildman–Crippen MR) is 204 cm³/mol. The van der Waals surface area contributed by atoms with Crippen molar-refractivity contribution in [2.24, 2.45) is 0 Å². The fraction of sp³-hybridized carbons (Fsp3) is 0.0213. The molecule has 0 bridgehead atoms. The van der Waals surface area contributed by atoms with Gasteiger partial charge in [0.25, 0.3) is 0 Å². The molecule has 0 fully saturated rings. The van der Waals surface area contributed by atoms with Crippen molar-refractivity contribution in [2.75, 3.05) is 9.80 Å². The summed E-state index contributed by atoms with van der Waals surface area (Å²) < 4.78 is 0. The Morgan fingerprint density at radius 3 is 1.71 bits per heavy atom. The van der Waals surface area contributed by atoms with Crippen molar-refractivity contribution in [1.29, 1.82) is 0 Å². The molecule has 8 aromatic carbocycles. The number of anilines is 6. The van der Waals surface area contributed by atoms with E-state index >= 15 is 0 Å². The van der Waals surface area contributed by atoms with Crippen molar-refractivity contribution < 1.29 is 0 Å². The highest BCUT2D eigenvalue weighted by atomic mass is 15.2. The molecule has 0 unspecified atom stereocenters. The molecule has 0 N–H and O–H groups in total. The van der Waals surface area contributed by atoms with Gasteiger partial charge in [-0.25, -0.2) is 0 Å². The van der Waals surface area contributed by atoms with Crippen LogP contribution in [0.15, 0.2) is 194 Å². The van der Waals surface area contributed by atoms with E-state index in [1.54, 1.807) is 0 Å². The monoisotopic (exact) mass is 624 g/mol. The number of benzene rings is 8. The van der Waals surface area contributed by atoms with E-state index in [9.17, 15) is 0 Å². The summed E-state index contributed by atoms with van der Waals surface area (Å²) in [6, 6.07) is 71.0. The number of hydrogen-bond donors (Lipinski definition) is 0. The lowest BCUT2D eigenvalue weighted by molar-refractivity contribution is 0.752. The van der Waals surface area contributed by atoms with Crippen molar-refractivity contribution in [2.45, 2.75) is 5.41 Å². The van der Waals surface area contributed by atoms with E-state index in [2.05, 4.69) is 204 Å². The standard InChI is InChI=1S/C47H32N2/c1-3-18-34(19-4-1)48(44-29-15-17-33-16-7-8-22-37(33)44)36-30-31-39-38-23-9-10-24-40(38)47(43(39)32-36)41-25-11-13-27-45(41)49(35-20-5-2-6-21-35)46-28-14-12-26-42(46)47/h1-32H. The van der Waals surface area contributed by atoms with Crippen LogP contribution in [-0.4, -0.2) is 0 Å². The first kappa shape index (κ1) is 27.7. The van der Waals surface area contributed by atoms with Crippen LogP contribution in [0.5, 0.6) is 0 Å². The summed E-state index contributed by atoms with van der Waals surface area (Å²) in [6.07, 6.45) is 0. The number of rotatable bonds is 4. The summed E-state index contributed by atoms with van der Waals surface area (Å²) in [7, 11) is 0. The Balaban J connectivity index is 1.29. The number of nitrogens with zero attached hydrogens (tertiary/aromatic N) is 2. The predicted octanol–water partition coefficient (Wildman–Crippen LogP) is 12.5. The second-order valence-corrected chi connectivity index (χ2v) is 12.9. The Labute approximate surface area is 286 Å². The van der Waals surface area contributed by atoms with Crippen LogP contribution in [0.4, 0.5) is 34.1 Å². The van der Waals surface area contributed by atoms with Gasteiger partial charge in [0.05, 0.1) is 22.5 Å². The van der Waals surface area contributed by atoms with Gasteiger partial charge in [0, 0.05) is 22.4 Å². The molecule has 0 atom stereocenters. The molecular weight excluding hydrogens is 593 g/mol. The average Bonchev–Trinajstić information content (AvgIpc) is 3.46. The lowest BCUT2D eigenvalue weighted by Crippen LogP contribution is -2.36. The van der Waals surface area contributed by atoms with E-state index in [1.807, 2.05) is 0 Å². The topological polar surface area (TPSA) is 6.48 Å². The van der Waals surface area contributed by atoms with Crippen molar-refractivity contribution >= 4 is 44.9 Å². The number of fused-ring (bicyclic) bond motifs is 10. The molecule has 0 amide bonds. The third-order valence-electron chi connectivity index (χ3n) is 10.4. The van der Waals surface area contributed by atoms with Crippen LogP contribution >= 0.6 is 0 Å². The third kappa shape index (κ3) is 3.95. The van der Waals surface area contributed by atoms with Crippen LogP contribution < -0.4 is 9.80 Å².